The van der Waals surface area contributed by atoms with Crippen molar-refractivity contribution in [2.45, 2.75) is 44.6 Å². The van der Waals surface area contributed by atoms with Gasteiger partial charge in [-0.05, 0) is 30.9 Å². The van der Waals surface area contributed by atoms with E-state index in [0.717, 1.165) is 47.7 Å². The van der Waals surface area contributed by atoms with Crippen molar-refractivity contribution in [3.05, 3.63) is 21.7 Å². The highest BCUT2D eigenvalue weighted by molar-refractivity contribution is 9.10. The number of halogens is 1. The molecular formula is C14H20BrNO2. The summed E-state index contributed by atoms with van der Waals surface area (Å²) in [6.07, 6.45) is 4.92. The largest absolute Gasteiger partial charge is 0.504 e. The van der Waals surface area contributed by atoms with E-state index in [4.69, 9.17) is 10.5 Å². The van der Waals surface area contributed by atoms with Gasteiger partial charge in [-0.3, -0.25) is 0 Å². The van der Waals surface area contributed by atoms with Crippen LogP contribution >= 0.6 is 15.9 Å². The van der Waals surface area contributed by atoms with Crippen molar-refractivity contribution >= 4 is 15.9 Å². The molecule has 4 heteroatoms. The van der Waals surface area contributed by atoms with Crippen LogP contribution in [0.2, 0.25) is 0 Å². The standard InChI is InChI=1S/C14H20BrNO2/c1-3-9-8-10(18-2)13(17)11(12(9)15)14(16)6-4-5-7-14/h8,17H,3-7,16H2,1-2H3. The van der Waals surface area contributed by atoms with Crippen molar-refractivity contribution in [3.63, 3.8) is 0 Å². The first-order valence-electron chi connectivity index (χ1n) is 6.41. The van der Waals surface area contributed by atoms with Crippen LogP contribution in [0.15, 0.2) is 10.5 Å². The van der Waals surface area contributed by atoms with Crippen molar-refractivity contribution < 1.29 is 9.84 Å². The van der Waals surface area contributed by atoms with Crippen LogP contribution in [0.25, 0.3) is 0 Å². The van der Waals surface area contributed by atoms with Crippen molar-refractivity contribution in [2.75, 3.05) is 7.11 Å². The molecule has 0 aromatic heterocycles. The van der Waals surface area contributed by atoms with Crippen LogP contribution in [0, 0.1) is 0 Å². The number of aryl methyl sites for hydroxylation is 1. The van der Waals surface area contributed by atoms with E-state index in [2.05, 4.69) is 22.9 Å². The Morgan fingerprint density at radius 2 is 2.06 bits per heavy atom. The number of methoxy groups -OCH3 is 1. The fraction of sp³-hybridized carbons (Fsp3) is 0.571. The molecule has 0 heterocycles. The molecule has 0 unspecified atom stereocenters. The third-order valence-corrected chi connectivity index (χ3v) is 4.78. The number of phenolic OH excluding ortho intramolecular Hbond substituents is 1. The van der Waals surface area contributed by atoms with Gasteiger partial charge in [0.15, 0.2) is 11.5 Å². The summed E-state index contributed by atoms with van der Waals surface area (Å²) in [5.41, 5.74) is 7.99. The van der Waals surface area contributed by atoms with Gasteiger partial charge >= 0.3 is 0 Å². The highest BCUT2D eigenvalue weighted by Gasteiger charge is 2.37. The van der Waals surface area contributed by atoms with Gasteiger partial charge in [-0.25, -0.2) is 0 Å². The molecule has 0 bridgehead atoms. The van der Waals surface area contributed by atoms with Gasteiger partial charge in [0.2, 0.25) is 0 Å². The molecule has 100 valence electrons. The Balaban J connectivity index is 2.63. The summed E-state index contributed by atoms with van der Waals surface area (Å²) < 4.78 is 6.20. The second-order valence-electron chi connectivity index (χ2n) is 4.99. The smallest absolute Gasteiger partial charge is 0.163 e. The molecule has 1 aromatic carbocycles. The van der Waals surface area contributed by atoms with Crippen LogP contribution in [0.4, 0.5) is 0 Å². The Hall–Kier alpha value is -0.740. The topological polar surface area (TPSA) is 55.5 Å². The summed E-state index contributed by atoms with van der Waals surface area (Å²) in [7, 11) is 1.57. The molecule has 1 aromatic rings. The zero-order valence-corrected chi connectivity index (χ0v) is 12.5. The molecule has 0 saturated heterocycles. The van der Waals surface area contributed by atoms with E-state index in [0.29, 0.717) is 5.75 Å². The minimum Gasteiger partial charge on any atom is -0.504 e. The molecule has 1 aliphatic carbocycles. The molecule has 2 rings (SSSR count). The van der Waals surface area contributed by atoms with Gasteiger partial charge in [0, 0.05) is 15.6 Å². The van der Waals surface area contributed by atoms with Crippen molar-refractivity contribution in [2.24, 2.45) is 5.73 Å². The number of hydrogen-bond donors (Lipinski definition) is 2. The fourth-order valence-corrected chi connectivity index (χ4v) is 3.78. The zero-order valence-electron chi connectivity index (χ0n) is 10.9. The number of nitrogens with two attached hydrogens (primary N) is 1. The second kappa shape index (κ2) is 5.10. The summed E-state index contributed by atoms with van der Waals surface area (Å²) in [5.74, 6) is 0.702. The number of ether oxygens (including phenoxy) is 1. The van der Waals surface area contributed by atoms with Crippen LogP contribution in [0.3, 0.4) is 0 Å². The van der Waals surface area contributed by atoms with Gasteiger partial charge in [0.1, 0.15) is 0 Å². The van der Waals surface area contributed by atoms with Gasteiger partial charge in [0.05, 0.1) is 7.11 Å². The second-order valence-corrected chi connectivity index (χ2v) is 5.79. The van der Waals surface area contributed by atoms with Gasteiger partial charge in [-0.15, -0.1) is 0 Å². The molecule has 1 aliphatic rings. The van der Waals surface area contributed by atoms with Crippen LogP contribution < -0.4 is 10.5 Å². The Morgan fingerprint density at radius 1 is 1.44 bits per heavy atom. The fourth-order valence-electron chi connectivity index (χ4n) is 2.80. The number of aromatic hydroxyl groups is 1. The average Bonchev–Trinajstić information content (AvgIpc) is 2.77. The third kappa shape index (κ3) is 2.12. The first kappa shape index (κ1) is 13.7. The third-order valence-electron chi connectivity index (χ3n) is 3.87. The Kier molecular flexibility index (Phi) is 3.87. The summed E-state index contributed by atoms with van der Waals surface area (Å²) in [5, 5.41) is 10.4. The SMILES string of the molecule is CCc1cc(OC)c(O)c(C2(N)CCCC2)c1Br. The van der Waals surface area contributed by atoms with Gasteiger partial charge in [-0.1, -0.05) is 35.7 Å². The molecular weight excluding hydrogens is 294 g/mol. The number of phenols is 1. The average molecular weight is 314 g/mol. The first-order valence-corrected chi connectivity index (χ1v) is 7.20. The van der Waals surface area contributed by atoms with E-state index in [1.807, 2.05) is 6.07 Å². The Labute approximate surface area is 116 Å². The van der Waals surface area contributed by atoms with Crippen LogP contribution in [-0.2, 0) is 12.0 Å². The predicted octanol–water partition coefficient (Wildman–Crippen LogP) is 3.45. The van der Waals surface area contributed by atoms with E-state index in [9.17, 15) is 5.11 Å². The number of rotatable bonds is 3. The normalized spacial score (nSPS) is 18.0. The van der Waals surface area contributed by atoms with Crippen molar-refractivity contribution in [1.29, 1.82) is 0 Å². The number of hydrogen-bond acceptors (Lipinski definition) is 3. The summed E-state index contributed by atoms with van der Waals surface area (Å²) in [6.45, 7) is 2.08. The molecule has 3 nitrogen and oxygen atoms in total. The van der Waals surface area contributed by atoms with E-state index in [1.165, 1.54) is 0 Å². The van der Waals surface area contributed by atoms with Gasteiger partial charge in [0.25, 0.3) is 0 Å². The zero-order chi connectivity index (χ0) is 13.3. The maximum atomic E-state index is 10.4. The number of benzene rings is 1. The van der Waals surface area contributed by atoms with Gasteiger partial charge < -0.3 is 15.6 Å². The lowest BCUT2D eigenvalue weighted by molar-refractivity contribution is 0.353. The predicted molar refractivity (Wildman–Crippen MR) is 76.1 cm³/mol. The molecule has 0 amide bonds. The van der Waals surface area contributed by atoms with E-state index in [1.54, 1.807) is 7.11 Å². The Bertz CT molecular complexity index is 425. The Morgan fingerprint density at radius 3 is 2.56 bits per heavy atom. The molecule has 0 aliphatic heterocycles. The molecule has 3 N–H and O–H groups in total. The highest BCUT2D eigenvalue weighted by atomic mass is 79.9. The van der Waals surface area contributed by atoms with Crippen molar-refractivity contribution in [1.82, 2.24) is 0 Å². The summed E-state index contributed by atoms with van der Waals surface area (Å²) in [6, 6.07) is 1.88. The van der Waals surface area contributed by atoms with Crippen LogP contribution in [-0.4, -0.2) is 12.2 Å². The van der Waals surface area contributed by atoms with Crippen molar-refractivity contribution in [3.8, 4) is 11.5 Å². The summed E-state index contributed by atoms with van der Waals surface area (Å²) in [4.78, 5) is 0. The lowest BCUT2D eigenvalue weighted by Crippen LogP contribution is -2.34. The van der Waals surface area contributed by atoms with E-state index >= 15 is 0 Å². The monoisotopic (exact) mass is 313 g/mol. The molecule has 1 fully saturated rings. The quantitative estimate of drug-likeness (QED) is 0.898. The molecule has 0 atom stereocenters. The molecule has 0 radical (unpaired) electrons. The molecule has 0 spiro atoms. The first-order chi connectivity index (χ1) is 8.53. The van der Waals surface area contributed by atoms with E-state index in [-0.39, 0.29) is 5.75 Å². The summed E-state index contributed by atoms with van der Waals surface area (Å²) >= 11 is 3.61. The van der Waals surface area contributed by atoms with E-state index < -0.39 is 5.54 Å². The van der Waals surface area contributed by atoms with Crippen LogP contribution in [0.5, 0.6) is 11.5 Å². The maximum Gasteiger partial charge on any atom is 0.163 e. The highest BCUT2D eigenvalue weighted by Crippen LogP contribution is 2.48. The lowest BCUT2D eigenvalue weighted by atomic mass is 9.87. The minimum absolute atomic E-state index is 0.186. The van der Waals surface area contributed by atoms with Crippen LogP contribution in [0.1, 0.15) is 43.7 Å². The minimum atomic E-state index is -0.429. The molecule has 1 saturated carbocycles. The van der Waals surface area contributed by atoms with Gasteiger partial charge in [-0.2, -0.15) is 0 Å². The molecule has 18 heavy (non-hydrogen) atoms. The lowest BCUT2D eigenvalue weighted by Gasteiger charge is -2.28. The maximum absolute atomic E-state index is 10.4.